The number of benzene rings is 1. The van der Waals surface area contributed by atoms with Crippen molar-refractivity contribution in [3.63, 3.8) is 0 Å². The van der Waals surface area contributed by atoms with Gasteiger partial charge in [-0.3, -0.25) is 4.79 Å². The lowest BCUT2D eigenvalue weighted by molar-refractivity contribution is -0.118. The Morgan fingerprint density at radius 3 is 3.22 bits per heavy atom. The van der Waals surface area contributed by atoms with E-state index in [-0.39, 0.29) is 12.5 Å². The summed E-state index contributed by atoms with van der Waals surface area (Å²) in [5.41, 5.74) is 1.86. The molecule has 0 aliphatic carbocycles. The summed E-state index contributed by atoms with van der Waals surface area (Å²) in [6, 6.07) is 5.82. The maximum Gasteiger partial charge on any atom is 0.262 e. The van der Waals surface area contributed by atoms with E-state index < -0.39 is 0 Å². The fraction of sp³-hybridized carbons (Fsp3) is 0.357. The van der Waals surface area contributed by atoms with E-state index in [1.54, 1.807) is 0 Å². The molecule has 0 saturated carbocycles. The molecule has 0 radical (unpaired) electrons. The molecule has 2 N–H and O–H groups in total. The van der Waals surface area contributed by atoms with Crippen LogP contribution in [0.2, 0.25) is 0 Å². The zero-order chi connectivity index (χ0) is 12.8. The normalized spacial score (nSPS) is 12.8. The van der Waals surface area contributed by atoms with Crippen LogP contribution in [-0.2, 0) is 11.3 Å². The Bertz CT molecular complexity index is 500. The number of carbonyl (C=O) groups excluding carboxylic acids is 1. The lowest BCUT2D eigenvalue weighted by atomic mass is 10.1. The van der Waals surface area contributed by atoms with Crippen molar-refractivity contribution in [3.8, 4) is 17.6 Å². The van der Waals surface area contributed by atoms with E-state index in [0.29, 0.717) is 0 Å². The van der Waals surface area contributed by atoms with Crippen LogP contribution in [0.5, 0.6) is 5.75 Å². The first-order valence-corrected chi connectivity index (χ1v) is 5.95. The van der Waals surface area contributed by atoms with Crippen molar-refractivity contribution in [3.05, 3.63) is 23.8 Å². The van der Waals surface area contributed by atoms with Crippen LogP contribution in [0.4, 0.5) is 5.69 Å². The summed E-state index contributed by atoms with van der Waals surface area (Å²) in [6.45, 7) is 3.56. The molecule has 2 rings (SSSR count). The van der Waals surface area contributed by atoms with Gasteiger partial charge in [0.2, 0.25) is 0 Å². The van der Waals surface area contributed by atoms with Crippen molar-refractivity contribution in [2.45, 2.75) is 19.9 Å². The molecule has 94 valence electrons. The first-order chi connectivity index (χ1) is 8.79. The van der Waals surface area contributed by atoms with E-state index in [1.807, 2.05) is 25.1 Å². The molecule has 1 heterocycles. The molecule has 0 atom stereocenters. The van der Waals surface area contributed by atoms with Crippen molar-refractivity contribution in [1.29, 1.82) is 0 Å². The molecule has 1 aliphatic heterocycles. The number of amides is 1. The van der Waals surface area contributed by atoms with Gasteiger partial charge in [-0.15, -0.1) is 11.8 Å². The third kappa shape index (κ3) is 3.25. The first-order valence-electron chi connectivity index (χ1n) is 5.95. The maximum absolute atomic E-state index is 11.2. The average molecular weight is 244 g/mol. The highest BCUT2D eigenvalue weighted by Gasteiger charge is 2.15. The molecule has 0 bridgehead atoms. The Labute approximate surface area is 107 Å². The number of ether oxygens (including phenoxy) is 1. The molecular formula is C14H16N2O2. The molecular weight excluding hydrogens is 228 g/mol. The van der Waals surface area contributed by atoms with Gasteiger partial charge in [-0.25, -0.2) is 0 Å². The second kappa shape index (κ2) is 6.08. The van der Waals surface area contributed by atoms with Crippen LogP contribution in [0, 0.1) is 11.8 Å². The Morgan fingerprint density at radius 2 is 2.39 bits per heavy atom. The summed E-state index contributed by atoms with van der Waals surface area (Å²) >= 11 is 0. The van der Waals surface area contributed by atoms with Gasteiger partial charge >= 0.3 is 0 Å². The van der Waals surface area contributed by atoms with Gasteiger partial charge in [0.05, 0.1) is 5.69 Å². The molecule has 1 aromatic rings. The van der Waals surface area contributed by atoms with Crippen LogP contribution in [0.3, 0.4) is 0 Å². The van der Waals surface area contributed by atoms with Crippen LogP contribution < -0.4 is 15.4 Å². The highest BCUT2D eigenvalue weighted by Crippen LogP contribution is 2.28. The summed E-state index contributed by atoms with van der Waals surface area (Å²) in [4.78, 5) is 11.2. The van der Waals surface area contributed by atoms with Crippen LogP contribution >= 0.6 is 0 Å². The summed E-state index contributed by atoms with van der Waals surface area (Å²) < 4.78 is 5.30. The van der Waals surface area contributed by atoms with E-state index in [4.69, 9.17) is 4.74 Å². The molecule has 18 heavy (non-hydrogen) atoms. The van der Waals surface area contributed by atoms with Crippen LogP contribution in [0.15, 0.2) is 18.2 Å². The highest BCUT2D eigenvalue weighted by atomic mass is 16.5. The molecule has 0 spiro atoms. The largest absolute Gasteiger partial charge is 0.482 e. The summed E-state index contributed by atoms with van der Waals surface area (Å²) in [6.07, 6.45) is 0.848. The van der Waals surface area contributed by atoms with Gasteiger partial charge in [0.15, 0.2) is 6.61 Å². The molecule has 0 fully saturated rings. The third-order valence-electron chi connectivity index (χ3n) is 2.61. The van der Waals surface area contributed by atoms with Crippen molar-refractivity contribution in [2.24, 2.45) is 0 Å². The van der Waals surface area contributed by atoms with Crippen molar-refractivity contribution < 1.29 is 9.53 Å². The zero-order valence-electron chi connectivity index (χ0n) is 10.4. The number of anilines is 1. The van der Waals surface area contributed by atoms with E-state index >= 15 is 0 Å². The topological polar surface area (TPSA) is 50.4 Å². The number of hydrogen-bond acceptors (Lipinski definition) is 3. The summed E-state index contributed by atoms with van der Waals surface area (Å²) in [5, 5.41) is 6.10. The quantitative estimate of drug-likeness (QED) is 0.623. The van der Waals surface area contributed by atoms with Gasteiger partial charge < -0.3 is 15.4 Å². The minimum absolute atomic E-state index is 0.0975. The minimum Gasteiger partial charge on any atom is -0.482 e. The molecule has 4 nitrogen and oxygen atoms in total. The van der Waals surface area contributed by atoms with Crippen molar-refractivity contribution in [1.82, 2.24) is 5.32 Å². The van der Waals surface area contributed by atoms with Gasteiger partial charge in [-0.2, -0.15) is 0 Å². The first kappa shape index (κ1) is 12.5. The number of rotatable bonds is 4. The van der Waals surface area contributed by atoms with Gasteiger partial charge in [0.1, 0.15) is 5.75 Å². The Kier molecular flexibility index (Phi) is 4.21. The second-order valence-corrected chi connectivity index (χ2v) is 4.02. The van der Waals surface area contributed by atoms with Gasteiger partial charge in [-0.05, 0) is 24.6 Å². The van der Waals surface area contributed by atoms with Gasteiger partial charge in [0.25, 0.3) is 5.91 Å². The molecule has 1 aliphatic rings. The van der Waals surface area contributed by atoms with Crippen molar-refractivity contribution in [2.75, 3.05) is 18.5 Å². The Balaban J connectivity index is 1.91. The molecule has 1 aromatic carbocycles. The molecule has 4 heteroatoms. The van der Waals surface area contributed by atoms with Crippen LogP contribution in [0.1, 0.15) is 18.9 Å². The van der Waals surface area contributed by atoms with E-state index in [2.05, 4.69) is 22.5 Å². The smallest absolute Gasteiger partial charge is 0.262 e. The van der Waals surface area contributed by atoms with E-state index in [9.17, 15) is 4.79 Å². The van der Waals surface area contributed by atoms with E-state index in [0.717, 1.165) is 36.5 Å². The molecule has 0 unspecified atom stereocenters. The number of hydrogen-bond donors (Lipinski definition) is 2. The fourth-order valence-electron chi connectivity index (χ4n) is 1.75. The Hall–Kier alpha value is -1.99. The Morgan fingerprint density at radius 1 is 1.50 bits per heavy atom. The second-order valence-electron chi connectivity index (χ2n) is 4.02. The standard InChI is InChI=1S/C14H16N2O2/c1-2-3-4-7-15-9-11-5-6-13-12(8-11)16-14(17)10-18-13/h5-6,8,15H,4,7,9-10H2,1H3,(H,16,17). The van der Waals surface area contributed by atoms with Crippen molar-refractivity contribution >= 4 is 11.6 Å². The predicted octanol–water partition coefficient (Wildman–Crippen LogP) is 1.52. The number of nitrogens with one attached hydrogen (secondary N) is 2. The number of fused-ring (bicyclic) bond motifs is 1. The molecule has 0 aromatic heterocycles. The SMILES string of the molecule is CC#CCCNCc1ccc2c(c1)NC(=O)CO2. The van der Waals surface area contributed by atoms with Crippen LogP contribution in [0.25, 0.3) is 0 Å². The minimum atomic E-state index is -0.106. The average Bonchev–Trinajstić information content (AvgIpc) is 2.38. The van der Waals surface area contributed by atoms with Gasteiger partial charge in [-0.1, -0.05) is 6.07 Å². The van der Waals surface area contributed by atoms with E-state index in [1.165, 1.54) is 0 Å². The molecule has 1 amide bonds. The maximum atomic E-state index is 11.2. The number of carbonyl (C=O) groups is 1. The highest BCUT2D eigenvalue weighted by molar-refractivity contribution is 5.95. The zero-order valence-corrected chi connectivity index (χ0v) is 10.4. The lowest BCUT2D eigenvalue weighted by Gasteiger charge is -2.18. The van der Waals surface area contributed by atoms with Gasteiger partial charge in [0, 0.05) is 19.5 Å². The molecule has 0 saturated heterocycles. The van der Waals surface area contributed by atoms with Crippen LogP contribution in [-0.4, -0.2) is 19.1 Å². The summed E-state index contributed by atoms with van der Waals surface area (Å²) in [7, 11) is 0. The fourth-order valence-corrected chi connectivity index (χ4v) is 1.75. The predicted molar refractivity (Wildman–Crippen MR) is 70.3 cm³/mol. The monoisotopic (exact) mass is 244 g/mol. The summed E-state index contributed by atoms with van der Waals surface area (Å²) in [5.74, 6) is 6.48. The lowest BCUT2D eigenvalue weighted by Crippen LogP contribution is -2.25. The third-order valence-corrected chi connectivity index (χ3v) is 2.61.